The maximum absolute atomic E-state index is 11.1. The molecule has 1 aliphatic heterocycles. The van der Waals surface area contributed by atoms with Gasteiger partial charge in [-0.1, -0.05) is 32.4 Å². The van der Waals surface area contributed by atoms with Crippen LogP contribution in [-0.2, 0) is 0 Å². The van der Waals surface area contributed by atoms with E-state index in [-0.39, 0.29) is 16.3 Å². The summed E-state index contributed by atoms with van der Waals surface area (Å²) in [5.41, 5.74) is -0.0147. The Balaban J connectivity index is 2.30. The minimum absolute atomic E-state index is 0.103. The Morgan fingerprint density at radius 3 is 2.68 bits per heavy atom. The molecule has 104 valence electrons. The number of hydrogen-bond acceptors (Lipinski definition) is 5. The lowest BCUT2D eigenvalue weighted by Gasteiger charge is -2.27. The first-order chi connectivity index (χ1) is 8.80. The topological polar surface area (TPSA) is 72.2 Å². The molecule has 19 heavy (non-hydrogen) atoms. The molecule has 1 aliphatic rings. The van der Waals surface area contributed by atoms with Crippen molar-refractivity contribution in [1.29, 1.82) is 0 Å². The van der Waals surface area contributed by atoms with Gasteiger partial charge in [0.15, 0.2) is 0 Å². The highest BCUT2D eigenvalue weighted by Crippen LogP contribution is 2.38. The summed E-state index contributed by atoms with van der Waals surface area (Å²) in [5, 5.41) is 11.0. The van der Waals surface area contributed by atoms with Gasteiger partial charge >= 0.3 is 5.69 Å². The number of hydrogen-bond donors (Lipinski definition) is 0. The molecule has 1 atom stereocenters. The zero-order chi connectivity index (χ0) is 14.2. The number of nitrogens with zero attached hydrogens (tertiary/aromatic N) is 4. The fourth-order valence-corrected chi connectivity index (χ4v) is 2.59. The van der Waals surface area contributed by atoms with Gasteiger partial charge in [0.25, 0.3) is 0 Å². The second kappa shape index (κ2) is 4.92. The molecule has 0 aliphatic carbocycles. The molecule has 0 amide bonds. The molecular weight excluding hydrogens is 268 g/mol. The Labute approximate surface area is 117 Å². The maximum Gasteiger partial charge on any atom is 0.348 e. The number of halogens is 1. The van der Waals surface area contributed by atoms with E-state index in [0.29, 0.717) is 11.7 Å². The van der Waals surface area contributed by atoms with Crippen molar-refractivity contribution in [2.24, 2.45) is 11.3 Å². The van der Waals surface area contributed by atoms with Crippen LogP contribution in [0.25, 0.3) is 0 Å². The van der Waals surface area contributed by atoms with Crippen molar-refractivity contribution in [2.45, 2.75) is 27.2 Å². The van der Waals surface area contributed by atoms with Gasteiger partial charge in [0, 0.05) is 13.1 Å². The van der Waals surface area contributed by atoms with Crippen molar-refractivity contribution in [3.05, 3.63) is 21.6 Å². The molecule has 0 N–H and O–H groups in total. The molecule has 0 saturated carbocycles. The average molecular weight is 285 g/mol. The van der Waals surface area contributed by atoms with E-state index in [0.717, 1.165) is 19.5 Å². The molecular formula is C12H17ClN4O2. The highest BCUT2D eigenvalue weighted by Gasteiger charge is 2.35. The summed E-state index contributed by atoms with van der Waals surface area (Å²) in [6.07, 6.45) is 2.28. The summed E-state index contributed by atoms with van der Waals surface area (Å²) in [6.45, 7) is 8.07. The molecule has 1 unspecified atom stereocenters. The zero-order valence-corrected chi connectivity index (χ0v) is 12.0. The smallest absolute Gasteiger partial charge is 0.348 e. The van der Waals surface area contributed by atoms with Gasteiger partial charge in [-0.25, -0.2) is 9.97 Å². The molecule has 1 fully saturated rings. The fourth-order valence-electron chi connectivity index (χ4n) is 2.40. The van der Waals surface area contributed by atoms with Gasteiger partial charge in [0.1, 0.15) is 6.33 Å². The summed E-state index contributed by atoms with van der Waals surface area (Å²) < 4.78 is 0. The third-order valence-corrected chi connectivity index (χ3v) is 3.93. The van der Waals surface area contributed by atoms with Gasteiger partial charge in [0.05, 0.1) is 4.92 Å². The predicted molar refractivity (Wildman–Crippen MR) is 73.5 cm³/mol. The minimum Gasteiger partial charge on any atom is -0.350 e. The van der Waals surface area contributed by atoms with Crippen LogP contribution in [0.3, 0.4) is 0 Å². The second-order valence-corrected chi connectivity index (χ2v) is 6.25. The summed E-state index contributed by atoms with van der Waals surface area (Å²) in [4.78, 5) is 20.2. The lowest BCUT2D eigenvalue weighted by atomic mass is 9.80. The SMILES string of the molecule is CC(C)(C)C1CCN(c2ncnc(Cl)c2[N+](=O)[O-])C1. The van der Waals surface area contributed by atoms with Crippen LogP contribution in [-0.4, -0.2) is 28.0 Å². The van der Waals surface area contributed by atoms with Crippen LogP contribution in [0.5, 0.6) is 0 Å². The highest BCUT2D eigenvalue weighted by atomic mass is 35.5. The maximum atomic E-state index is 11.1. The Morgan fingerprint density at radius 2 is 2.16 bits per heavy atom. The van der Waals surface area contributed by atoms with Crippen molar-refractivity contribution in [1.82, 2.24) is 9.97 Å². The van der Waals surface area contributed by atoms with Crippen LogP contribution < -0.4 is 4.90 Å². The zero-order valence-electron chi connectivity index (χ0n) is 11.3. The van der Waals surface area contributed by atoms with Crippen LogP contribution >= 0.6 is 11.6 Å². The largest absolute Gasteiger partial charge is 0.350 e. The van der Waals surface area contributed by atoms with Crippen LogP contribution in [0.15, 0.2) is 6.33 Å². The van der Waals surface area contributed by atoms with E-state index in [2.05, 4.69) is 30.7 Å². The summed E-state index contributed by atoms with van der Waals surface area (Å²) in [6, 6.07) is 0. The van der Waals surface area contributed by atoms with E-state index in [4.69, 9.17) is 11.6 Å². The Bertz CT molecular complexity index is 501. The van der Waals surface area contributed by atoms with Crippen molar-refractivity contribution in [2.75, 3.05) is 18.0 Å². The molecule has 1 aromatic heterocycles. The molecule has 1 aromatic rings. The van der Waals surface area contributed by atoms with E-state index in [9.17, 15) is 10.1 Å². The first kappa shape index (κ1) is 14.0. The van der Waals surface area contributed by atoms with Crippen LogP contribution in [0, 0.1) is 21.4 Å². The van der Waals surface area contributed by atoms with Crippen molar-refractivity contribution >= 4 is 23.1 Å². The van der Waals surface area contributed by atoms with Gasteiger partial charge in [-0.3, -0.25) is 10.1 Å². The van der Waals surface area contributed by atoms with Gasteiger partial charge in [-0.2, -0.15) is 0 Å². The number of anilines is 1. The Morgan fingerprint density at radius 1 is 1.47 bits per heavy atom. The number of rotatable bonds is 2. The average Bonchev–Trinajstić information content (AvgIpc) is 2.76. The van der Waals surface area contributed by atoms with Crippen LogP contribution in [0.4, 0.5) is 11.5 Å². The van der Waals surface area contributed by atoms with E-state index in [1.807, 2.05) is 4.90 Å². The van der Waals surface area contributed by atoms with Crippen LogP contribution in [0.1, 0.15) is 27.2 Å². The molecule has 0 spiro atoms. The Hall–Kier alpha value is -1.43. The van der Waals surface area contributed by atoms with Crippen LogP contribution in [0.2, 0.25) is 5.15 Å². The molecule has 0 bridgehead atoms. The summed E-state index contributed by atoms with van der Waals surface area (Å²) >= 11 is 5.81. The summed E-state index contributed by atoms with van der Waals surface area (Å²) in [5.74, 6) is 0.817. The molecule has 6 nitrogen and oxygen atoms in total. The molecule has 7 heteroatoms. The molecule has 0 radical (unpaired) electrons. The van der Waals surface area contributed by atoms with Gasteiger partial charge in [-0.05, 0) is 17.8 Å². The molecule has 1 saturated heterocycles. The number of nitro groups is 1. The quantitative estimate of drug-likeness (QED) is 0.474. The predicted octanol–water partition coefficient (Wildman–Crippen LogP) is 2.91. The lowest BCUT2D eigenvalue weighted by molar-refractivity contribution is -0.384. The molecule has 2 rings (SSSR count). The van der Waals surface area contributed by atoms with Crippen molar-refractivity contribution < 1.29 is 4.92 Å². The van der Waals surface area contributed by atoms with Gasteiger partial charge in [-0.15, -0.1) is 0 Å². The first-order valence-electron chi connectivity index (χ1n) is 6.20. The lowest BCUT2D eigenvalue weighted by Crippen LogP contribution is -2.27. The highest BCUT2D eigenvalue weighted by molar-refractivity contribution is 6.31. The standard InChI is InChI=1S/C12H17ClN4O2/c1-12(2,3)8-4-5-16(6-8)11-9(17(18)19)10(13)14-7-15-11/h7-8H,4-6H2,1-3H3. The molecule has 2 heterocycles. The normalized spacial score (nSPS) is 19.8. The number of aromatic nitrogens is 2. The van der Waals surface area contributed by atoms with E-state index in [1.54, 1.807) is 0 Å². The fraction of sp³-hybridized carbons (Fsp3) is 0.667. The Kier molecular flexibility index (Phi) is 3.62. The van der Waals surface area contributed by atoms with Gasteiger partial charge in [0.2, 0.25) is 11.0 Å². The van der Waals surface area contributed by atoms with Gasteiger partial charge < -0.3 is 4.90 Å². The van der Waals surface area contributed by atoms with E-state index >= 15 is 0 Å². The minimum atomic E-state index is -0.512. The third-order valence-electron chi connectivity index (χ3n) is 3.65. The second-order valence-electron chi connectivity index (χ2n) is 5.89. The first-order valence-corrected chi connectivity index (χ1v) is 6.58. The van der Waals surface area contributed by atoms with E-state index < -0.39 is 4.92 Å². The monoisotopic (exact) mass is 284 g/mol. The van der Waals surface area contributed by atoms with Crippen molar-refractivity contribution in [3.8, 4) is 0 Å². The molecule has 0 aromatic carbocycles. The third kappa shape index (κ3) is 2.78. The van der Waals surface area contributed by atoms with E-state index in [1.165, 1.54) is 6.33 Å². The summed E-state index contributed by atoms with van der Waals surface area (Å²) in [7, 11) is 0. The van der Waals surface area contributed by atoms with Crippen molar-refractivity contribution in [3.63, 3.8) is 0 Å².